The minimum atomic E-state index is -0.515. The normalized spacial score (nSPS) is 12.9. The number of rotatable bonds is 3. The van der Waals surface area contributed by atoms with E-state index >= 15 is 0 Å². The van der Waals surface area contributed by atoms with E-state index in [-0.39, 0.29) is 6.04 Å². The topological polar surface area (TPSA) is 48.1 Å². The molecule has 0 amide bonds. The molecule has 0 aliphatic rings. The predicted molar refractivity (Wildman–Crippen MR) is 43.0 cm³/mol. The number of halogens is 1. The summed E-state index contributed by atoms with van der Waals surface area (Å²) in [6.45, 7) is 0.378. The molecule has 0 fully saturated rings. The van der Waals surface area contributed by atoms with Crippen LogP contribution >= 0.6 is 0 Å². The summed E-state index contributed by atoms with van der Waals surface area (Å²) in [5, 5.41) is 0. The van der Waals surface area contributed by atoms with Crippen molar-refractivity contribution in [2.45, 2.75) is 6.04 Å². The number of pyridine rings is 1. The SMILES string of the molecule is COC[C@H](N)c1ccnc(F)c1. The molecule has 0 unspecified atom stereocenters. The second kappa shape index (κ2) is 4.13. The number of nitrogens with zero attached hydrogens (tertiary/aromatic N) is 1. The second-order valence-corrected chi connectivity index (χ2v) is 2.47. The van der Waals surface area contributed by atoms with Crippen molar-refractivity contribution in [3.8, 4) is 0 Å². The summed E-state index contributed by atoms with van der Waals surface area (Å²) in [6, 6.07) is 2.70. The van der Waals surface area contributed by atoms with Gasteiger partial charge in [-0.15, -0.1) is 0 Å². The lowest BCUT2D eigenvalue weighted by Gasteiger charge is -2.09. The van der Waals surface area contributed by atoms with Gasteiger partial charge in [0.2, 0.25) is 5.95 Å². The highest BCUT2D eigenvalue weighted by atomic mass is 19.1. The van der Waals surface area contributed by atoms with Crippen LogP contribution in [-0.4, -0.2) is 18.7 Å². The fourth-order valence-corrected chi connectivity index (χ4v) is 0.924. The highest BCUT2D eigenvalue weighted by Crippen LogP contribution is 2.09. The summed E-state index contributed by atoms with van der Waals surface area (Å²) >= 11 is 0. The molecular weight excluding hydrogens is 159 g/mol. The molecule has 0 bridgehead atoms. The van der Waals surface area contributed by atoms with E-state index in [1.54, 1.807) is 13.2 Å². The predicted octanol–water partition coefficient (Wildman–Crippen LogP) is 0.867. The monoisotopic (exact) mass is 170 g/mol. The average Bonchev–Trinajstić information content (AvgIpc) is 2.05. The van der Waals surface area contributed by atoms with E-state index in [2.05, 4.69) is 4.98 Å². The standard InChI is InChI=1S/C8H11FN2O/c1-12-5-7(10)6-2-3-11-8(9)4-6/h2-4,7H,5,10H2,1H3/t7-/m0/s1. The van der Waals surface area contributed by atoms with E-state index < -0.39 is 5.95 Å². The fraction of sp³-hybridized carbons (Fsp3) is 0.375. The molecule has 66 valence electrons. The van der Waals surface area contributed by atoms with Crippen LogP contribution in [0.3, 0.4) is 0 Å². The molecule has 1 atom stereocenters. The second-order valence-electron chi connectivity index (χ2n) is 2.47. The Morgan fingerprint density at radius 1 is 1.75 bits per heavy atom. The number of ether oxygens (including phenoxy) is 1. The largest absolute Gasteiger partial charge is 0.383 e. The van der Waals surface area contributed by atoms with Gasteiger partial charge in [0.05, 0.1) is 12.6 Å². The molecule has 0 aliphatic heterocycles. The Morgan fingerprint density at radius 3 is 3.08 bits per heavy atom. The maximum Gasteiger partial charge on any atom is 0.213 e. The Bertz CT molecular complexity index is 255. The minimum absolute atomic E-state index is 0.285. The number of nitrogens with two attached hydrogens (primary N) is 1. The molecule has 0 radical (unpaired) electrons. The summed E-state index contributed by atoms with van der Waals surface area (Å²) in [6.07, 6.45) is 1.39. The van der Waals surface area contributed by atoms with Gasteiger partial charge in [-0.2, -0.15) is 4.39 Å². The molecule has 12 heavy (non-hydrogen) atoms. The maximum atomic E-state index is 12.6. The van der Waals surface area contributed by atoms with Gasteiger partial charge in [-0.1, -0.05) is 0 Å². The Morgan fingerprint density at radius 2 is 2.50 bits per heavy atom. The van der Waals surface area contributed by atoms with E-state index in [0.29, 0.717) is 12.2 Å². The van der Waals surface area contributed by atoms with Crippen molar-refractivity contribution in [3.63, 3.8) is 0 Å². The van der Waals surface area contributed by atoms with E-state index in [1.807, 2.05) is 0 Å². The van der Waals surface area contributed by atoms with Crippen LogP contribution in [0, 0.1) is 5.95 Å². The van der Waals surface area contributed by atoms with Crippen molar-refractivity contribution in [2.24, 2.45) is 5.73 Å². The first-order valence-electron chi connectivity index (χ1n) is 3.60. The molecule has 1 rings (SSSR count). The van der Waals surface area contributed by atoms with Gasteiger partial charge in [0, 0.05) is 13.3 Å². The van der Waals surface area contributed by atoms with E-state index in [1.165, 1.54) is 12.3 Å². The molecule has 0 aliphatic carbocycles. The number of hydrogen-bond donors (Lipinski definition) is 1. The molecule has 1 heterocycles. The van der Waals surface area contributed by atoms with Crippen LogP contribution < -0.4 is 5.73 Å². The third kappa shape index (κ3) is 2.25. The zero-order valence-corrected chi connectivity index (χ0v) is 6.83. The maximum absolute atomic E-state index is 12.6. The summed E-state index contributed by atoms with van der Waals surface area (Å²) in [4.78, 5) is 3.42. The van der Waals surface area contributed by atoms with Crippen LogP contribution in [0.5, 0.6) is 0 Å². The Hall–Kier alpha value is -1.00. The Balaban J connectivity index is 2.73. The van der Waals surface area contributed by atoms with Gasteiger partial charge in [0.15, 0.2) is 0 Å². The van der Waals surface area contributed by atoms with E-state index in [9.17, 15) is 4.39 Å². The quantitative estimate of drug-likeness (QED) is 0.684. The van der Waals surface area contributed by atoms with Gasteiger partial charge in [-0.05, 0) is 17.7 Å². The summed E-state index contributed by atoms with van der Waals surface area (Å²) < 4.78 is 17.4. The molecule has 3 nitrogen and oxygen atoms in total. The van der Waals surface area contributed by atoms with Crippen molar-refractivity contribution in [1.29, 1.82) is 0 Å². The average molecular weight is 170 g/mol. The molecule has 0 saturated heterocycles. The fourth-order valence-electron chi connectivity index (χ4n) is 0.924. The molecule has 0 spiro atoms. The summed E-state index contributed by atoms with van der Waals surface area (Å²) in [5.74, 6) is -0.515. The lowest BCUT2D eigenvalue weighted by Crippen LogP contribution is -2.16. The van der Waals surface area contributed by atoms with E-state index in [0.717, 1.165) is 0 Å². The Labute approximate surface area is 70.4 Å². The zero-order valence-electron chi connectivity index (χ0n) is 6.83. The Kier molecular flexibility index (Phi) is 3.13. The minimum Gasteiger partial charge on any atom is -0.383 e. The summed E-state index contributed by atoms with van der Waals surface area (Å²) in [7, 11) is 1.55. The lowest BCUT2D eigenvalue weighted by molar-refractivity contribution is 0.180. The van der Waals surface area contributed by atoms with Crippen molar-refractivity contribution in [2.75, 3.05) is 13.7 Å². The number of hydrogen-bond acceptors (Lipinski definition) is 3. The highest BCUT2D eigenvalue weighted by Gasteiger charge is 2.05. The van der Waals surface area contributed by atoms with Crippen molar-refractivity contribution in [1.82, 2.24) is 4.98 Å². The third-order valence-corrected chi connectivity index (χ3v) is 1.53. The number of aromatic nitrogens is 1. The van der Waals surface area contributed by atoms with Gasteiger partial charge < -0.3 is 10.5 Å². The zero-order chi connectivity index (χ0) is 8.97. The lowest BCUT2D eigenvalue weighted by atomic mass is 10.1. The van der Waals surface area contributed by atoms with Crippen LogP contribution in [0.4, 0.5) is 4.39 Å². The molecule has 2 N–H and O–H groups in total. The van der Waals surface area contributed by atoms with Crippen LogP contribution in [0.25, 0.3) is 0 Å². The first-order valence-corrected chi connectivity index (χ1v) is 3.60. The van der Waals surface area contributed by atoms with E-state index in [4.69, 9.17) is 10.5 Å². The molecule has 4 heteroatoms. The van der Waals surface area contributed by atoms with Crippen molar-refractivity contribution >= 4 is 0 Å². The molecule has 1 aromatic rings. The smallest absolute Gasteiger partial charge is 0.213 e. The third-order valence-electron chi connectivity index (χ3n) is 1.53. The van der Waals surface area contributed by atoms with Crippen LogP contribution in [0.1, 0.15) is 11.6 Å². The molecule has 1 aromatic heterocycles. The molecular formula is C8H11FN2O. The molecule has 0 saturated carbocycles. The first-order chi connectivity index (χ1) is 5.74. The van der Waals surface area contributed by atoms with Crippen LogP contribution in [-0.2, 0) is 4.74 Å². The van der Waals surface area contributed by atoms with Crippen LogP contribution in [0.15, 0.2) is 18.3 Å². The molecule has 0 aromatic carbocycles. The highest BCUT2D eigenvalue weighted by molar-refractivity contribution is 5.15. The van der Waals surface area contributed by atoms with Gasteiger partial charge in [-0.3, -0.25) is 0 Å². The van der Waals surface area contributed by atoms with Gasteiger partial charge >= 0.3 is 0 Å². The first kappa shape index (κ1) is 9.09. The van der Waals surface area contributed by atoms with Gasteiger partial charge in [0.25, 0.3) is 0 Å². The van der Waals surface area contributed by atoms with Gasteiger partial charge in [0.1, 0.15) is 0 Å². The van der Waals surface area contributed by atoms with Crippen molar-refractivity contribution in [3.05, 3.63) is 29.8 Å². The van der Waals surface area contributed by atoms with Crippen LogP contribution in [0.2, 0.25) is 0 Å². The number of methoxy groups -OCH3 is 1. The van der Waals surface area contributed by atoms with Gasteiger partial charge in [-0.25, -0.2) is 4.98 Å². The van der Waals surface area contributed by atoms with Crippen molar-refractivity contribution < 1.29 is 9.13 Å². The summed E-state index contributed by atoms with van der Waals surface area (Å²) in [5.41, 5.74) is 6.35.